The monoisotopic (exact) mass is 524 g/mol. The van der Waals surface area contributed by atoms with Gasteiger partial charge in [0.15, 0.2) is 0 Å². The number of rotatable bonds is 11. The Kier molecular flexibility index (Phi) is 9.47. The number of halogens is 1. The predicted molar refractivity (Wildman–Crippen MR) is 152 cm³/mol. The van der Waals surface area contributed by atoms with Crippen molar-refractivity contribution in [2.24, 2.45) is 5.92 Å². The Bertz CT molecular complexity index is 1100. The van der Waals surface area contributed by atoms with Crippen molar-refractivity contribution < 1.29 is 9.35 Å². The quantitative estimate of drug-likeness (QED) is 0.181. The molecule has 36 heavy (non-hydrogen) atoms. The second-order valence-corrected chi connectivity index (χ2v) is 15.0. The first kappa shape index (κ1) is 28.1. The van der Waals surface area contributed by atoms with Crippen LogP contribution in [0.4, 0.5) is 5.69 Å². The highest BCUT2D eigenvalue weighted by atomic mass is 35.5. The van der Waals surface area contributed by atoms with Gasteiger partial charge in [0.05, 0.1) is 11.5 Å². The number of nitro benzene ring substituents is 1. The van der Waals surface area contributed by atoms with Crippen molar-refractivity contribution in [2.75, 3.05) is 6.61 Å². The van der Waals surface area contributed by atoms with Gasteiger partial charge in [0.2, 0.25) is 0 Å². The van der Waals surface area contributed by atoms with Crippen LogP contribution in [-0.4, -0.2) is 25.9 Å². The lowest BCUT2D eigenvalue weighted by Gasteiger charge is -2.44. The van der Waals surface area contributed by atoms with E-state index in [1.165, 1.54) is 16.4 Å². The second-order valence-electron chi connectivity index (χ2n) is 10.4. The van der Waals surface area contributed by atoms with E-state index in [1.807, 2.05) is 18.2 Å². The molecule has 5 nitrogen and oxygen atoms in total. The van der Waals surface area contributed by atoms with Gasteiger partial charge in [0, 0.05) is 18.7 Å². The lowest BCUT2D eigenvalue weighted by molar-refractivity contribution is -0.384. The lowest BCUT2D eigenvalue weighted by atomic mass is 9.99. The number of nitro groups is 1. The molecule has 0 spiro atoms. The van der Waals surface area contributed by atoms with Crippen molar-refractivity contribution in [3.8, 4) is 0 Å². The summed E-state index contributed by atoms with van der Waals surface area (Å²) in [7, 11) is -2.67. The van der Waals surface area contributed by atoms with Gasteiger partial charge in [-0.3, -0.25) is 10.1 Å². The van der Waals surface area contributed by atoms with Gasteiger partial charge in [0.25, 0.3) is 14.0 Å². The summed E-state index contributed by atoms with van der Waals surface area (Å²) >= 11 is 6.36. The molecule has 0 saturated carbocycles. The second kappa shape index (κ2) is 12.1. The van der Waals surface area contributed by atoms with Gasteiger partial charge in [0.1, 0.15) is 5.02 Å². The van der Waals surface area contributed by atoms with Crippen LogP contribution >= 0.6 is 11.6 Å². The molecule has 2 atom stereocenters. The SMILES string of the molecule is CC[C@H](C)[C@@H](CO[Si](c1ccccc1)(c1ccccc1)C(C)(C)C)NCc1cccc([N+](=O)[O-])c1Cl. The molecular formula is C29H37ClN2O3Si. The zero-order valence-electron chi connectivity index (χ0n) is 21.8. The summed E-state index contributed by atoms with van der Waals surface area (Å²) in [4.78, 5) is 10.9. The minimum atomic E-state index is -2.67. The van der Waals surface area contributed by atoms with Crippen molar-refractivity contribution in [1.82, 2.24) is 5.32 Å². The van der Waals surface area contributed by atoms with Crippen LogP contribution < -0.4 is 15.7 Å². The van der Waals surface area contributed by atoms with E-state index < -0.39 is 13.2 Å². The molecule has 0 unspecified atom stereocenters. The highest BCUT2D eigenvalue weighted by Crippen LogP contribution is 2.37. The zero-order valence-corrected chi connectivity index (χ0v) is 23.6. The summed E-state index contributed by atoms with van der Waals surface area (Å²) in [6.45, 7) is 12.1. The van der Waals surface area contributed by atoms with Crippen LogP contribution in [0.1, 0.15) is 46.6 Å². The molecule has 3 aromatic carbocycles. The van der Waals surface area contributed by atoms with Gasteiger partial charge >= 0.3 is 0 Å². The van der Waals surface area contributed by atoms with E-state index in [2.05, 4.69) is 88.5 Å². The summed E-state index contributed by atoms with van der Waals surface area (Å²) in [6.07, 6.45) is 0.977. The van der Waals surface area contributed by atoms with Crippen molar-refractivity contribution >= 4 is 36.0 Å². The van der Waals surface area contributed by atoms with E-state index >= 15 is 0 Å². The van der Waals surface area contributed by atoms with Gasteiger partial charge in [-0.25, -0.2) is 0 Å². The third kappa shape index (κ3) is 6.06. The first-order valence-corrected chi connectivity index (χ1v) is 14.8. The van der Waals surface area contributed by atoms with Crippen LogP contribution in [-0.2, 0) is 11.0 Å². The summed E-state index contributed by atoms with van der Waals surface area (Å²) in [5.74, 6) is 0.334. The number of nitrogens with zero attached hydrogens (tertiary/aromatic N) is 1. The number of benzene rings is 3. The third-order valence-electron chi connectivity index (χ3n) is 7.04. The lowest BCUT2D eigenvalue weighted by Crippen LogP contribution is -2.67. The first-order chi connectivity index (χ1) is 17.1. The molecule has 1 N–H and O–H groups in total. The molecule has 3 rings (SSSR count). The molecule has 7 heteroatoms. The molecule has 0 saturated heterocycles. The van der Waals surface area contributed by atoms with Crippen LogP contribution in [0.2, 0.25) is 10.1 Å². The maximum absolute atomic E-state index is 11.3. The molecule has 192 valence electrons. The van der Waals surface area contributed by atoms with E-state index in [1.54, 1.807) is 6.07 Å². The van der Waals surface area contributed by atoms with Crippen molar-refractivity contribution in [3.63, 3.8) is 0 Å². The van der Waals surface area contributed by atoms with Gasteiger partial charge in [-0.05, 0) is 26.9 Å². The highest BCUT2D eigenvalue weighted by molar-refractivity contribution is 6.99. The average molecular weight is 525 g/mol. The van der Waals surface area contributed by atoms with Crippen LogP contribution in [0.25, 0.3) is 0 Å². The first-order valence-electron chi connectivity index (χ1n) is 12.5. The Morgan fingerprint density at radius 2 is 1.53 bits per heavy atom. The Balaban J connectivity index is 1.94. The van der Waals surface area contributed by atoms with E-state index in [4.69, 9.17) is 16.0 Å². The van der Waals surface area contributed by atoms with Gasteiger partial charge in [-0.2, -0.15) is 0 Å². The predicted octanol–water partition coefficient (Wildman–Crippen LogP) is 6.33. The molecule has 0 aromatic heterocycles. The molecule has 0 fully saturated rings. The average Bonchev–Trinajstić information content (AvgIpc) is 2.86. The van der Waals surface area contributed by atoms with E-state index in [-0.39, 0.29) is 21.8 Å². The molecule has 0 aliphatic carbocycles. The minimum absolute atomic E-state index is 0.0481. The van der Waals surface area contributed by atoms with Gasteiger partial charge < -0.3 is 9.74 Å². The highest BCUT2D eigenvalue weighted by Gasteiger charge is 2.50. The Hall–Kier alpha value is -2.51. The van der Waals surface area contributed by atoms with E-state index in [0.29, 0.717) is 24.6 Å². The zero-order chi connectivity index (χ0) is 26.3. The largest absolute Gasteiger partial charge is 0.406 e. The minimum Gasteiger partial charge on any atom is -0.406 e. The summed E-state index contributed by atoms with van der Waals surface area (Å²) in [5, 5.41) is 17.5. The summed E-state index contributed by atoms with van der Waals surface area (Å²) in [6, 6.07) is 26.2. The molecule has 0 amide bonds. The van der Waals surface area contributed by atoms with Crippen LogP contribution in [0.15, 0.2) is 78.9 Å². The molecule has 0 radical (unpaired) electrons. The van der Waals surface area contributed by atoms with Crippen LogP contribution in [0.3, 0.4) is 0 Å². The van der Waals surface area contributed by atoms with E-state index in [9.17, 15) is 10.1 Å². The number of nitrogens with one attached hydrogen (secondary N) is 1. The van der Waals surface area contributed by atoms with Crippen molar-refractivity contribution in [3.05, 3.63) is 99.6 Å². The summed E-state index contributed by atoms with van der Waals surface area (Å²) in [5.41, 5.74) is 0.643. The van der Waals surface area contributed by atoms with Crippen molar-refractivity contribution in [1.29, 1.82) is 0 Å². The van der Waals surface area contributed by atoms with Gasteiger partial charge in [-0.1, -0.05) is 125 Å². The smallest absolute Gasteiger partial charge is 0.288 e. The van der Waals surface area contributed by atoms with E-state index in [0.717, 1.165) is 6.42 Å². The maximum atomic E-state index is 11.3. The number of hydrogen-bond acceptors (Lipinski definition) is 4. The molecule has 0 heterocycles. The molecular weight excluding hydrogens is 488 g/mol. The van der Waals surface area contributed by atoms with Crippen molar-refractivity contribution in [2.45, 2.75) is 58.7 Å². The van der Waals surface area contributed by atoms with Gasteiger partial charge in [-0.15, -0.1) is 0 Å². The maximum Gasteiger partial charge on any atom is 0.288 e. The Morgan fingerprint density at radius 1 is 0.972 bits per heavy atom. The van der Waals surface area contributed by atoms with Crippen LogP contribution in [0, 0.1) is 16.0 Å². The molecule has 0 bridgehead atoms. The fraction of sp³-hybridized carbons (Fsp3) is 0.379. The van der Waals surface area contributed by atoms with Crippen LogP contribution in [0.5, 0.6) is 0 Å². The standard InChI is InChI=1S/C29H37ClN2O3Si/c1-6-22(2)26(31-20-23-14-13-19-27(28(23)30)32(33)34)21-35-36(29(3,4)5,24-15-9-7-10-16-24)25-17-11-8-12-18-25/h7-19,22,26,31H,6,20-21H2,1-5H3/t22-,26+/m0/s1. The number of hydrogen-bond donors (Lipinski definition) is 1. The summed E-state index contributed by atoms with van der Waals surface area (Å²) < 4.78 is 7.17. The third-order valence-corrected chi connectivity index (χ3v) is 12.5. The molecule has 0 aliphatic rings. The Labute approximate surface area is 221 Å². The fourth-order valence-electron chi connectivity index (χ4n) is 4.77. The Morgan fingerprint density at radius 3 is 2.00 bits per heavy atom. The molecule has 0 aliphatic heterocycles. The topological polar surface area (TPSA) is 64.4 Å². The molecule has 3 aromatic rings. The normalized spacial score (nSPS) is 13.8. The fourth-order valence-corrected chi connectivity index (χ4v) is 9.62.